The Bertz CT molecular complexity index is 360. The quantitative estimate of drug-likeness (QED) is 0.248. The Labute approximate surface area is 192 Å². The molecule has 0 radical (unpaired) electrons. The van der Waals surface area contributed by atoms with Crippen molar-refractivity contribution in [2.75, 3.05) is 0 Å². The molecule has 6 heteroatoms. The third kappa shape index (κ3) is 18.3. The summed E-state index contributed by atoms with van der Waals surface area (Å²) in [6, 6.07) is 0. The Morgan fingerprint density at radius 3 is 1.58 bits per heavy atom. The van der Waals surface area contributed by atoms with Crippen molar-refractivity contribution in [2.24, 2.45) is 0 Å². The van der Waals surface area contributed by atoms with Gasteiger partial charge in [-0.05, 0) is 26.2 Å². The predicted octanol–water partition coefficient (Wildman–Crippen LogP) is 1.77. The maximum absolute atomic E-state index is 10.8. The molecule has 0 aromatic heterocycles. The monoisotopic (exact) mass is 388 g/mol. The number of aliphatic hydroxyl groups is 1. The zero-order chi connectivity index (χ0) is 17.6. The summed E-state index contributed by atoms with van der Waals surface area (Å²) in [6.07, 6.45) is 14.6. The topological polar surface area (TPSA) is 77.4 Å². The standard InChI is InChI=1S/C18H38O4S.K/c1-3-4-5-6-7-8-12-15-18(19)16-13-10-9-11-14-17(2)23(20,21)22;/h17-19H,3-16H2,1-2H3,(H,20,21,22);/q;+1/p-1. The molecule has 0 heterocycles. The van der Waals surface area contributed by atoms with E-state index in [9.17, 15) is 18.1 Å². The van der Waals surface area contributed by atoms with Gasteiger partial charge in [0, 0.05) is 5.25 Å². The van der Waals surface area contributed by atoms with Crippen LogP contribution in [0, 0.1) is 0 Å². The van der Waals surface area contributed by atoms with Crippen molar-refractivity contribution in [1.82, 2.24) is 0 Å². The summed E-state index contributed by atoms with van der Waals surface area (Å²) in [5.41, 5.74) is 0. The van der Waals surface area contributed by atoms with Crippen molar-refractivity contribution in [2.45, 2.75) is 115 Å². The largest absolute Gasteiger partial charge is 1.00 e. The molecule has 140 valence electrons. The van der Waals surface area contributed by atoms with Gasteiger partial charge in [0.2, 0.25) is 0 Å². The van der Waals surface area contributed by atoms with E-state index in [2.05, 4.69) is 6.92 Å². The maximum atomic E-state index is 10.8. The maximum Gasteiger partial charge on any atom is 1.00 e. The molecule has 0 rings (SSSR count). The summed E-state index contributed by atoms with van der Waals surface area (Å²) in [4.78, 5) is 0. The number of rotatable bonds is 16. The second-order valence-corrected chi connectivity index (χ2v) is 8.65. The normalized spacial score (nSPS) is 14.2. The van der Waals surface area contributed by atoms with E-state index < -0.39 is 15.4 Å². The van der Waals surface area contributed by atoms with Gasteiger partial charge in [-0.3, -0.25) is 0 Å². The molecule has 0 fully saturated rings. The fraction of sp³-hybridized carbons (Fsp3) is 1.00. The van der Waals surface area contributed by atoms with E-state index >= 15 is 0 Å². The molecular formula is C18H37KO4S. The van der Waals surface area contributed by atoms with Crippen LogP contribution in [0.1, 0.15) is 104 Å². The molecule has 0 aliphatic heterocycles. The Balaban J connectivity index is 0. The van der Waals surface area contributed by atoms with Gasteiger partial charge < -0.3 is 9.66 Å². The van der Waals surface area contributed by atoms with E-state index in [-0.39, 0.29) is 57.5 Å². The smallest absolute Gasteiger partial charge is 0.748 e. The molecule has 0 aromatic carbocycles. The number of unbranched alkanes of at least 4 members (excludes halogenated alkanes) is 9. The zero-order valence-corrected chi connectivity index (χ0v) is 20.1. The first-order valence-electron chi connectivity index (χ1n) is 9.50. The molecule has 0 aliphatic carbocycles. The van der Waals surface area contributed by atoms with E-state index in [1.165, 1.54) is 45.4 Å². The summed E-state index contributed by atoms with van der Waals surface area (Å²) >= 11 is 0. The SMILES string of the molecule is CCCCCCCCCC(O)CCCCCCC(C)S(=O)(=O)[O-].[K+]. The fourth-order valence-corrected chi connectivity index (χ4v) is 3.25. The molecule has 2 atom stereocenters. The van der Waals surface area contributed by atoms with Gasteiger partial charge in [0.25, 0.3) is 0 Å². The number of hydrogen-bond acceptors (Lipinski definition) is 4. The first kappa shape index (κ1) is 27.7. The molecule has 0 saturated heterocycles. The third-order valence-corrected chi connectivity index (χ3v) is 5.75. The first-order valence-corrected chi connectivity index (χ1v) is 11.0. The van der Waals surface area contributed by atoms with E-state index in [4.69, 9.17) is 0 Å². The molecule has 2 unspecified atom stereocenters. The van der Waals surface area contributed by atoms with Crippen LogP contribution in [-0.4, -0.2) is 29.4 Å². The molecule has 0 aliphatic rings. The molecule has 0 spiro atoms. The summed E-state index contributed by atoms with van der Waals surface area (Å²) in [5, 5.41) is 9.15. The molecule has 1 N–H and O–H groups in total. The molecule has 0 bridgehead atoms. The van der Waals surface area contributed by atoms with E-state index in [1.54, 1.807) is 0 Å². The molecule has 0 aromatic rings. The van der Waals surface area contributed by atoms with E-state index in [0.717, 1.165) is 44.9 Å². The molecule has 0 amide bonds. The van der Waals surface area contributed by atoms with Crippen molar-refractivity contribution < 1.29 is 69.5 Å². The summed E-state index contributed by atoms with van der Waals surface area (Å²) in [5.74, 6) is 0. The second-order valence-electron chi connectivity index (χ2n) is 6.86. The summed E-state index contributed by atoms with van der Waals surface area (Å²) in [6.45, 7) is 3.71. The average molecular weight is 389 g/mol. The zero-order valence-electron chi connectivity index (χ0n) is 16.1. The minimum Gasteiger partial charge on any atom is -0.748 e. The van der Waals surface area contributed by atoms with Crippen molar-refractivity contribution in [3.8, 4) is 0 Å². The fourth-order valence-electron chi connectivity index (χ4n) is 2.79. The van der Waals surface area contributed by atoms with Crippen molar-refractivity contribution in [1.29, 1.82) is 0 Å². The van der Waals surface area contributed by atoms with Crippen molar-refractivity contribution in [3.05, 3.63) is 0 Å². The minimum atomic E-state index is -4.12. The Kier molecular flexibility index (Phi) is 20.7. The Morgan fingerprint density at radius 2 is 1.17 bits per heavy atom. The minimum absolute atomic E-state index is 0. The molecule has 24 heavy (non-hydrogen) atoms. The van der Waals surface area contributed by atoms with Gasteiger partial charge in [0.1, 0.15) is 0 Å². The molecule has 0 saturated carbocycles. The summed E-state index contributed by atoms with van der Waals surface area (Å²) < 4.78 is 32.3. The van der Waals surface area contributed by atoms with Gasteiger partial charge in [-0.15, -0.1) is 0 Å². The van der Waals surface area contributed by atoms with Crippen LogP contribution in [0.2, 0.25) is 0 Å². The number of hydrogen-bond donors (Lipinski definition) is 1. The van der Waals surface area contributed by atoms with E-state index in [1.807, 2.05) is 0 Å². The third-order valence-electron chi connectivity index (χ3n) is 4.53. The van der Waals surface area contributed by atoms with Crippen LogP contribution in [-0.2, 0) is 10.1 Å². The summed E-state index contributed by atoms with van der Waals surface area (Å²) in [7, 11) is -4.12. The second kappa shape index (κ2) is 17.9. The van der Waals surface area contributed by atoms with Crippen LogP contribution in [0.3, 0.4) is 0 Å². The van der Waals surface area contributed by atoms with Gasteiger partial charge in [0.05, 0.1) is 16.2 Å². The van der Waals surface area contributed by atoms with Crippen LogP contribution in [0.15, 0.2) is 0 Å². The van der Waals surface area contributed by atoms with Crippen molar-refractivity contribution in [3.63, 3.8) is 0 Å². The van der Waals surface area contributed by atoms with Gasteiger partial charge >= 0.3 is 51.4 Å². The predicted molar refractivity (Wildman–Crippen MR) is 95.5 cm³/mol. The van der Waals surface area contributed by atoms with E-state index in [0.29, 0.717) is 6.42 Å². The number of aliphatic hydroxyl groups excluding tert-OH is 1. The average Bonchev–Trinajstić information content (AvgIpc) is 2.48. The van der Waals surface area contributed by atoms with Gasteiger partial charge in [-0.1, -0.05) is 77.6 Å². The van der Waals surface area contributed by atoms with Gasteiger partial charge in [0.15, 0.2) is 0 Å². The van der Waals surface area contributed by atoms with Crippen LogP contribution < -0.4 is 51.4 Å². The first-order chi connectivity index (χ1) is 10.9. The van der Waals surface area contributed by atoms with Crippen LogP contribution in [0.5, 0.6) is 0 Å². The van der Waals surface area contributed by atoms with Gasteiger partial charge in [-0.25, -0.2) is 8.42 Å². The molecule has 4 nitrogen and oxygen atoms in total. The van der Waals surface area contributed by atoms with Crippen LogP contribution in [0.4, 0.5) is 0 Å². The molecular weight excluding hydrogens is 351 g/mol. The van der Waals surface area contributed by atoms with Crippen molar-refractivity contribution >= 4 is 10.1 Å². The Hall–Kier alpha value is 1.51. The van der Waals surface area contributed by atoms with Crippen LogP contribution in [0.25, 0.3) is 0 Å². The Morgan fingerprint density at radius 1 is 0.792 bits per heavy atom. The van der Waals surface area contributed by atoms with Gasteiger partial charge in [-0.2, -0.15) is 0 Å². The van der Waals surface area contributed by atoms with Crippen LogP contribution >= 0.6 is 0 Å².